The fraction of sp³-hybridized carbons (Fsp3) is 0.200. The minimum absolute atomic E-state index is 0.0558. The van der Waals surface area contributed by atoms with Crippen LogP contribution in [0.1, 0.15) is 5.56 Å². The maximum atomic E-state index is 13.9. The normalized spacial score (nSPS) is 10.6. The molecule has 0 aliphatic heterocycles. The van der Waals surface area contributed by atoms with Gasteiger partial charge in [0.1, 0.15) is 6.33 Å². The largest absolute Gasteiger partial charge is 0.420 e. The summed E-state index contributed by atoms with van der Waals surface area (Å²) in [5.41, 5.74) is 6.13. The van der Waals surface area contributed by atoms with Crippen LogP contribution >= 0.6 is 15.9 Å². The molecule has 0 amide bonds. The number of nitrogens with zero attached hydrogens (tertiary/aromatic N) is 3. The van der Waals surface area contributed by atoms with Gasteiger partial charge in [-0.3, -0.25) is 4.68 Å². The molecule has 0 aliphatic rings. The van der Waals surface area contributed by atoms with Crippen LogP contribution in [0.4, 0.5) is 4.39 Å². The predicted octanol–water partition coefficient (Wildman–Crippen LogP) is 1.97. The SMILES string of the molecule is Cn1cnc(Oc2ccc(CN)c(Br)c2F)n1. The Morgan fingerprint density at radius 2 is 2.29 bits per heavy atom. The molecule has 2 N–H and O–H groups in total. The summed E-state index contributed by atoms with van der Waals surface area (Å²) >= 11 is 3.13. The lowest BCUT2D eigenvalue weighted by atomic mass is 10.2. The van der Waals surface area contributed by atoms with Crippen molar-refractivity contribution in [1.82, 2.24) is 14.8 Å². The Balaban J connectivity index is 2.31. The van der Waals surface area contributed by atoms with Crippen molar-refractivity contribution in [3.05, 3.63) is 34.3 Å². The zero-order chi connectivity index (χ0) is 12.4. The van der Waals surface area contributed by atoms with Crippen LogP contribution in [-0.4, -0.2) is 14.8 Å². The summed E-state index contributed by atoms with van der Waals surface area (Å²) in [6.45, 7) is 0.250. The summed E-state index contributed by atoms with van der Waals surface area (Å²) in [5.74, 6) is -0.458. The highest BCUT2D eigenvalue weighted by molar-refractivity contribution is 9.10. The van der Waals surface area contributed by atoms with Gasteiger partial charge in [-0.05, 0) is 27.6 Å². The van der Waals surface area contributed by atoms with Crippen LogP contribution in [0.3, 0.4) is 0 Å². The van der Waals surface area contributed by atoms with E-state index in [0.717, 1.165) is 0 Å². The molecule has 0 atom stereocenters. The Hall–Kier alpha value is -1.47. The van der Waals surface area contributed by atoms with Gasteiger partial charge >= 0.3 is 6.01 Å². The fourth-order valence-corrected chi connectivity index (χ4v) is 1.76. The molecular weight excluding hydrogens is 291 g/mol. The van der Waals surface area contributed by atoms with Gasteiger partial charge in [-0.2, -0.15) is 4.98 Å². The second-order valence-corrected chi connectivity index (χ2v) is 4.15. The molecule has 0 radical (unpaired) electrons. The molecule has 0 bridgehead atoms. The third-order valence-electron chi connectivity index (χ3n) is 2.13. The molecule has 7 heteroatoms. The van der Waals surface area contributed by atoms with Gasteiger partial charge in [0.2, 0.25) is 0 Å². The summed E-state index contributed by atoms with van der Waals surface area (Å²) in [4.78, 5) is 3.85. The fourth-order valence-electron chi connectivity index (χ4n) is 1.27. The van der Waals surface area contributed by atoms with E-state index in [-0.39, 0.29) is 18.3 Å². The van der Waals surface area contributed by atoms with E-state index in [1.165, 1.54) is 17.1 Å². The van der Waals surface area contributed by atoms with Crippen LogP contribution in [0.5, 0.6) is 11.8 Å². The average Bonchev–Trinajstić information content (AvgIpc) is 2.71. The molecule has 2 rings (SSSR count). The minimum Gasteiger partial charge on any atom is -0.420 e. The molecule has 1 aromatic carbocycles. The average molecular weight is 301 g/mol. The van der Waals surface area contributed by atoms with Crippen LogP contribution < -0.4 is 10.5 Å². The molecule has 0 unspecified atom stereocenters. The molecule has 0 spiro atoms. The van der Waals surface area contributed by atoms with Gasteiger partial charge in [0, 0.05) is 13.6 Å². The van der Waals surface area contributed by atoms with E-state index >= 15 is 0 Å². The number of benzene rings is 1. The van der Waals surface area contributed by atoms with Crippen LogP contribution in [0.15, 0.2) is 22.9 Å². The third-order valence-corrected chi connectivity index (χ3v) is 2.98. The molecule has 2 aromatic rings. The van der Waals surface area contributed by atoms with Crippen LogP contribution in [0, 0.1) is 5.82 Å². The Bertz CT molecular complexity index is 543. The molecule has 0 fully saturated rings. The summed E-state index contributed by atoms with van der Waals surface area (Å²) < 4.78 is 20.8. The van der Waals surface area contributed by atoms with Crippen molar-refractivity contribution in [3.63, 3.8) is 0 Å². The van der Waals surface area contributed by atoms with Gasteiger partial charge in [0.15, 0.2) is 11.6 Å². The maximum absolute atomic E-state index is 13.9. The van der Waals surface area contributed by atoms with Crippen molar-refractivity contribution in [2.75, 3.05) is 0 Å². The van der Waals surface area contributed by atoms with Gasteiger partial charge in [0.05, 0.1) is 4.47 Å². The third kappa shape index (κ3) is 2.45. The summed E-state index contributed by atoms with van der Waals surface area (Å²) in [7, 11) is 1.70. The van der Waals surface area contributed by atoms with Crippen molar-refractivity contribution in [3.8, 4) is 11.8 Å². The molecule has 1 heterocycles. The van der Waals surface area contributed by atoms with Crippen molar-refractivity contribution < 1.29 is 9.13 Å². The summed E-state index contributed by atoms with van der Waals surface area (Å²) in [5, 5.41) is 3.90. The van der Waals surface area contributed by atoms with Crippen molar-refractivity contribution in [2.45, 2.75) is 6.54 Å². The first-order chi connectivity index (χ1) is 8.11. The van der Waals surface area contributed by atoms with Gasteiger partial charge in [-0.25, -0.2) is 4.39 Å². The molecular formula is C10H10BrFN4O. The smallest absolute Gasteiger partial charge is 0.341 e. The Labute approximate surface area is 106 Å². The quantitative estimate of drug-likeness (QED) is 0.941. The standard InChI is InChI=1S/C10H10BrFN4O/c1-16-5-14-10(15-16)17-7-3-2-6(4-13)8(11)9(7)12/h2-3,5H,4,13H2,1H3. The first kappa shape index (κ1) is 12.0. The zero-order valence-corrected chi connectivity index (χ0v) is 10.6. The van der Waals surface area contributed by atoms with E-state index in [2.05, 4.69) is 26.0 Å². The van der Waals surface area contributed by atoms with Gasteiger partial charge in [-0.15, -0.1) is 5.10 Å². The summed E-state index contributed by atoms with van der Waals surface area (Å²) in [6, 6.07) is 3.28. The number of aryl methyl sites for hydroxylation is 1. The number of hydrogen-bond donors (Lipinski definition) is 1. The number of hydrogen-bond acceptors (Lipinski definition) is 4. The van der Waals surface area contributed by atoms with E-state index in [4.69, 9.17) is 10.5 Å². The Kier molecular flexibility index (Phi) is 3.39. The second-order valence-electron chi connectivity index (χ2n) is 3.36. The molecule has 90 valence electrons. The monoisotopic (exact) mass is 300 g/mol. The number of rotatable bonds is 3. The Morgan fingerprint density at radius 3 is 2.88 bits per heavy atom. The number of nitrogens with two attached hydrogens (primary N) is 1. The highest BCUT2D eigenvalue weighted by Crippen LogP contribution is 2.30. The zero-order valence-electron chi connectivity index (χ0n) is 9.02. The lowest BCUT2D eigenvalue weighted by Crippen LogP contribution is -2.00. The van der Waals surface area contributed by atoms with E-state index in [0.29, 0.717) is 10.0 Å². The van der Waals surface area contributed by atoms with E-state index in [1.807, 2.05) is 0 Å². The van der Waals surface area contributed by atoms with Crippen molar-refractivity contribution >= 4 is 15.9 Å². The first-order valence-electron chi connectivity index (χ1n) is 4.82. The minimum atomic E-state index is -0.514. The van der Waals surface area contributed by atoms with Gasteiger partial charge < -0.3 is 10.5 Å². The Morgan fingerprint density at radius 1 is 1.53 bits per heavy atom. The lowest BCUT2D eigenvalue weighted by Gasteiger charge is -2.07. The maximum Gasteiger partial charge on any atom is 0.341 e. The molecule has 0 aliphatic carbocycles. The lowest BCUT2D eigenvalue weighted by molar-refractivity contribution is 0.407. The van der Waals surface area contributed by atoms with Gasteiger partial charge in [0.25, 0.3) is 0 Å². The highest BCUT2D eigenvalue weighted by atomic mass is 79.9. The number of ether oxygens (including phenoxy) is 1. The summed E-state index contributed by atoms with van der Waals surface area (Å²) in [6.07, 6.45) is 1.47. The topological polar surface area (TPSA) is 66.0 Å². The number of halogens is 2. The van der Waals surface area contributed by atoms with Crippen LogP contribution in [0.2, 0.25) is 0 Å². The van der Waals surface area contributed by atoms with Crippen LogP contribution in [0.25, 0.3) is 0 Å². The molecule has 5 nitrogen and oxygen atoms in total. The first-order valence-corrected chi connectivity index (χ1v) is 5.61. The van der Waals surface area contributed by atoms with Crippen LogP contribution in [-0.2, 0) is 13.6 Å². The van der Waals surface area contributed by atoms with Crippen molar-refractivity contribution in [1.29, 1.82) is 0 Å². The van der Waals surface area contributed by atoms with E-state index in [9.17, 15) is 4.39 Å². The van der Waals surface area contributed by atoms with E-state index < -0.39 is 5.82 Å². The van der Waals surface area contributed by atoms with Gasteiger partial charge in [-0.1, -0.05) is 6.07 Å². The number of aromatic nitrogens is 3. The molecule has 1 aromatic heterocycles. The predicted molar refractivity (Wildman–Crippen MR) is 63.1 cm³/mol. The van der Waals surface area contributed by atoms with E-state index in [1.54, 1.807) is 13.1 Å². The molecule has 17 heavy (non-hydrogen) atoms. The molecule has 0 saturated heterocycles. The van der Waals surface area contributed by atoms with Crippen molar-refractivity contribution in [2.24, 2.45) is 12.8 Å². The highest BCUT2D eigenvalue weighted by Gasteiger charge is 2.13. The molecule has 0 saturated carbocycles. The second kappa shape index (κ2) is 4.80.